The third-order valence-electron chi connectivity index (χ3n) is 6.63. The molecule has 0 fully saturated rings. The second-order valence-corrected chi connectivity index (χ2v) is 8.72. The zero-order chi connectivity index (χ0) is 24.4. The Hall–Kier alpha value is -4.44. The summed E-state index contributed by atoms with van der Waals surface area (Å²) in [6, 6.07) is 20.6. The number of carbonyl (C=O) groups excluding carboxylic acids is 1. The quantitative estimate of drug-likeness (QED) is 0.370. The summed E-state index contributed by atoms with van der Waals surface area (Å²) in [6.07, 6.45) is 4.47. The van der Waals surface area contributed by atoms with Crippen molar-refractivity contribution in [1.82, 2.24) is 24.9 Å². The number of hydrogen-bond donors (Lipinski definition) is 2. The number of amides is 1. The lowest BCUT2D eigenvalue weighted by Crippen LogP contribution is -2.29. The van der Waals surface area contributed by atoms with E-state index in [1.165, 1.54) is 11.8 Å². The highest BCUT2D eigenvalue weighted by atomic mass is 16.1. The molecule has 5 rings (SSSR count). The SMILES string of the molecule is Cc1nc2c(C#N)cnn2c(C)c1CCC(=O)NCC(c1ccccc1)c1c[nH]c2ccccc12. The van der Waals surface area contributed by atoms with Crippen LogP contribution in [0.25, 0.3) is 16.6 Å². The largest absolute Gasteiger partial charge is 0.361 e. The highest BCUT2D eigenvalue weighted by Crippen LogP contribution is 2.30. The molecule has 3 heterocycles. The van der Waals surface area contributed by atoms with E-state index in [-0.39, 0.29) is 11.8 Å². The summed E-state index contributed by atoms with van der Waals surface area (Å²) in [5, 5.41) is 17.9. The molecule has 0 saturated carbocycles. The molecule has 35 heavy (non-hydrogen) atoms. The number of nitrogens with one attached hydrogen (secondary N) is 2. The summed E-state index contributed by atoms with van der Waals surface area (Å²) in [5.41, 5.74) is 7.12. The van der Waals surface area contributed by atoms with Crippen LogP contribution in [0.4, 0.5) is 0 Å². The number of rotatable bonds is 7. The third-order valence-corrected chi connectivity index (χ3v) is 6.63. The summed E-state index contributed by atoms with van der Waals surface area (Å²) >= 11 is 0. The van der Waals surface area contributed by atoms with Crippen molar-refractivity contribution in [3.63, 3.8) is 0 Å². The molecule has 0 aliphatic carbocycles. The lowest BCUT2D eigenvalue weighted by molar-refractivity contribution is -0.121. The van der Waals surface area contributed by atoms with E-state index < -0.39 is 0 Å². The monoisotopic (exact) mass is 462 g/mol. The maximum absolute atomic E-state index is 12.9. The van der Waals surface area contributed by atoms with Crippen LogP contribution in [-0.2, 0) is 11.2 Å². The minimum atomic E-state index is -0.0113. The molecule has 0 spiro atoms. The number of benzene rings is 2. The standard InChI is InChI=1S/C28H26N6O/c1-18-22(19(2)34-28(33-18)21(14-29)15-32-34)12-13-27(35)31-16-24(20-8-4-3-5-9-20)25-17-30-26-11-7-6-10-23(25)26/h3-11,15,17,24,30H,12-13,16H2,1-2H3,(H,31,35). The van der Waals surface area contributed by atoms with E-state index in [0.29, 0.717) is 30.6 Å². The van der Waals surface area contributed by atoms with Crippen molar-refractivity contribution in [2.24, 2.45) is 0 Å². The molecule has 7 nitrogen and oxygen atoms in total. The minimum absolute atomic E-state index is 0.0113. The fraction of sp³-hybridized carbons (Fsp3) is 0.214. The molecule has 0 saturated heterocycles. The van der Waals surface area contributed by atoms with Crippen LogP contribution < -0.4 is 5.32 Å². The highest BCUT2D eigenvalue weighted by molar-refractivity contribution is 5.84. The van der Waals surface area contributed by atoms with Gasteiger partial charge in [-0.25, -0.2) is 9.50 Å². The average molecular weight is 463 g/mol. The van der Waals surface area contributed by atoms with Gasteiger partial charge in [0, 0.05) is 47.4 Å². The van der Waals surface area contributed by atoms with E-state index in [1.54, 1.807) is 4.52 Å². The van der Waals surface area contributed by atoms with E-state index in [2.05, 4.69) is 50.7 Å². The zero-order valence-corrected chi connectivity index (χ0v) is 19.7. The van der Waals surface area contributed by atoms with Gasteiger partial charge in [0.2, 0.25) is 5.91 Å². The number of nitrogens with zero attached hydrogens (tertiary/aromatic N) is 4. The van der Waals surface area contributed by atoms with Crippen molar-refractivity contribution in [2.75, 3.05) is 6.54 Å². The Balaban J connectivity index is 1.33. The van der Waals surface area contributed by atoms with Crippen LogP contribution in [0.3, 0.4) is 0 Å². The second-order valence-electron chi connectivity index (χ2n) is 8.72. The van der Waals surface area contributed by atoms with Gasteiger partial charge in [0.05, 0.1) is 6.20 Å². The maximum Gasteiger partial charge on any atom is 0.220 e. The second kappa shape index (κ2) is 9.43. The molecular formula is C28H26N6O. The summed E-state index contributed by atoms with van der Waals surface area (Å²) in [4.78, 5) is 20.8. The van der Waals surface area contributed by atoms with E-state index in [0.717, 1.165) is 33.4 Å². The molecule has 2 N–H and O–H groups in total. The molecule has 1 amide bonds. The molecule has 1 atom stereocenters. The molecule has 174 valence electrons. The molecule has 3 aromatic heterocycles. The van der Waals surface area contributed by atoms with Crippen molar-refractivity contribution in [3.05, 3.63) is 101 Å². The Bertz CT molecular complexity index is 1560. The number of aromatic nitrogens is 4. The molecular weight excluding hydrogens is 436 g/mol. The predicted octanol–water partition coefficient (Wildman–Crippen LogP) is 4.58. The van der Waals surface area contributed by atoms with Gasteiger partial charge in [-0.05, 0) is 43.0 Å². The van der Waals surface area contributed by atoms with Crippen molar-refractivity contribution < 1.29 is 4.79 Å². The first kappa shape index (κ1) is 22.4. The van der Waals surface area contributed by atoms with Gasteiger partial charge in [-0.15, -0.1) is 0 Å². The number of nitriles is 1. The highest BCUT2D eigenvalue weighted by Gasteiger charge is 2.20. The number of carbonyl (C=O) groups is 1. The Morgan fingerprint density at radius 2 is 1.91 bits per heavy atom. The summed E-state index contributed by atoms with van der Waals surface area (Å²) in [7, 11) is 0. The fourth-order valence-electron chi connectivity index (χ4n) is 4.77. The lowest BCUT2D eigenvalue weighted by Gasteiger charge is -2.18. The van der Waals surface area contributed by atoms with Crippen LogP contribution in [0.1, 0.15) is 46.0 Å². The third kappa shape index (κ3) is 4.26. The number of H-pyrrole nitrogens is 1. The fourth-order valence-corrected chi connectivity index (χ4v) is 4.77. The molecule has 5 aromatic rings. The van der Waals surface area contributed by atoms with E-state index >= 15 is 0 Å². The van der Waals surface area contributed by atoms with Gasteiger partial charge in [-0.2, -0.15) is 10.4 Å². The van der Waals surface area contributed by atoms with Gasteiger partial charge in [-0.1, -0.05) is 48.5 Å². The summed E-state index contributed by atoms with van der Waals surface area (Å²) < 4.78 is 1.68. The first-order valence-corrected chi connectivity index (χ1v) is 11.7. The van der Waals surface area contributed by atoms with Crippen LogP contribution in [0.5, 0.6) is 0 Å². The molecule has 7 heteroatoms. The minimum Gasteiger partial charge on any atom is -0.361 e. The van der Waals surface area contributed by atoms with Crippen molar-refractivity contribution in [3.8, 4) is 6.07 Å². The van der Waals surface area contributed by atoms with Crippen LogP contribution in [0.2, 0.25) is 0 Å². The van der Waals surface area contributed by atoms with Gasteiger partial charge in [0.1, 0.15) is 11.6 Å². The molecule has 0 aliphatic heterocycles. The van der Waals surface area contributed by atoms with Crippen LogP contribution >= 0.6 is 0 Å². The Labute approximate surface area is 203 Å². The molecule has 0 radical (unpaired) electrons. The van der Waals surface area contributed by atoms with Gasteiger partial charge in [-0.3, -0.25) is 4.79 Å². The summed E-state index contributed by atoms with van der Waals surface area (Å²) in [5.74, 6) is 0.0223. The Kier molecular flexibility index (Phi) is 6.02. The van der Waals surface area contributed by atoms with Crippen LogP contribution in [0.15, 0.2) is 67.0 Å². The maximum atomic E-state index is 12.9. The van der Waals surface area contributed by atoms with Crippen molar-refractivity contribution in [2.45, 2.75) is 32.6 Å². The molecule has 0 aliphatic rings. The number of fused-ring (bicyclic) bond motifs is 2. The zero-order valence-electron chi connectivity index (χ0n) is 19.7. The molecule has 1 unspecified atom stereocenters. The Morgan fingerprint density at radius 1 is 1.14 bits per heavy atom. The van der Waals surface area contributed by atoms with Crippen LogP contribution in [0, 0.1) is 25.2 Å². The van der Waals surface area contributed by atoms with Gasteiger partial charge >= 0.3 is 0 Å². The normalized spacial score (nSPS) is 12.0. The smallest absolute Gasteiger partial charge is 0.220 e. The Morgan fingerprint density at radius 3 is 2.71 bits per heavy atom. The molecule has 0 bridgehead atoms. The lowest BCUT2D eigenvalue weighted by atomic mass is 9.91. The van der Waals surface area contributed by atoms with E-state index in [1.807, 2.05) is 50.4 Å². The number of aromatic amines is 1. The van der Waals surface area contributed by atoms with E-state index in [4.69, 9.17) is 0 Å². The van der Waals surface area contributed by atoms with Gasteiger partial charge in [0.25, 0.3) is 0 Å². The predicted molar refractivity (Wildman–Crippen MR) is 135 cm³/mol. The van der Waals surface area contributed by atoms with Crippen LogP contribution in [-0.4, -0.2) is 32.0 Å². The number of aryl methyl sites for hydroxylation is 2. The van der Waals surface area contributed by atoms with Crippen molar-refractivity contribution in [1.29, 1.82) is 5.26 Å². The van der Waals surface area contributed by atoms with Gasteiger partial charge < -0.3 is 10.3 Å². The topological polar surface area (TPSA) is 98.9 Å². The first-order chi connectivity index (χ1) is 17.1. The average Bonchev–Trinajstić information content (AvgIpc) is 3.49. The van der Waals surface area contributed by atoms with Gasteiger partial charge in [0.15, 0.2) is 5.65 Å². The van der Waals surface area contributed by atoms with Crippen molar-refractivity contribution >= 4 is 22.5 Å². The summed E-state index contributed by atoms with van der Waals surface area (Å²) in [6.45, 7) is 4.37. The number of para-hydroxylation sites is 1. The molecule has 2 aromatic carbocycles. The van der Waals surface area contributed by atoms with E-state index in [9.17, 15) is 10.1 Å². The first-order valence-electron chi connectivity index (χ1n) is 11.7. The number of hydrogen-bond acceptors (Lipinski definition) is 4.